The van der Waals surface area contributed by atoms with Gasteiger partial charge in [-0.25, -0.2) is 4.98 Å². The van der Waals surface area contributed by atoms with Crippen molar-refractivity contribution in [3.8, 4) is 11.6 Å². The summed E-state index contributed by atoms with van der Waals surface area (Å²) in [5.74, 6) is 1.66. The molecular formula is C14H12Br2ClNO. The molecule has 0 fully saturated rings. The number of aryl methyl sites for hydroxylation is 2. The monoisotopic (exact) mass is 403 g/mol. The molecule has 0 spiro atoms. The minimum absolute atomic E-state index is 0.378. The van der Waals surface area contributed by atoms with E-state index >= 15 is 0 Å². The van der Waals surface area contributed by atoms with Crippen LogP contribution in [0.4, 0.5) is 0 Å². The highest BCUT2D eigenvalue weighted by atomic mass is 79.9. The number of alkyl halides is 1. The number of pyridine rings is 1. The van der Waals surface area contributed by atoms with Crippen LogP contribution in [-0.4, -0.2) is 4.98 Å². The Morgan fingerprint density at radius 1 is 1.21 bits per heavy atom. The first-order valence-electron chi connectivity index (χ1n) is 5.67. The third-order valence-corrected chi connectivity index (χ3v) is 4.05. The van der Waals surface area contributed by atoms with Crippen molar-refractivity contribution in [1.29, 1.82) is 0 Å². The van der Waals surface area contributed by atoms with Crippen LogP contribution in [0.3, 0.4) is 0 Å². The summed E-state index contributed by atoms with van der Waals surface area (Å²) in [6.45, 7) is 3.95. The zero-order valence-corrected chi connectivity index (χ0v) is 14.4. The fourth-order valence-corrected chi connectivity index (χ4v) is 3.19. The van der Waals surface area contributed by atoms with Crippen LogP contribution in [0.25, 0.3) is 0 Å². The number of rotatable bonds is 3. The van der Waals surface area contributed by atoms with E-state index in [2.05, 4.69) is 36.8 Å². The summed E-state index contributed by atoms with van der Waals surface area (Å²) >= 11 is 12.9. The minimum atomic E-state index is 0.378. The second-order valence-corrected chi connectivity index (χ2v) is 6.21. The fraction of sp³-hybridized carbons (Fsp3) is 0.214. The van der Waals surface area contributed by atoms with E-state index in [4.69, 9.17) is 16.3 Å². The lowest BCUT2D eigenvalue weighted by Crippen LogP contribution is -1.98. The van der Waals surface area contributed by atoms with Crippen LogP contribution >= 0.6 is 43.5 Å². The van der Waals surface area contributed by atoms with Crippen LogP contribution in [0.1, 0.15) is 16.8 Å². The van der Waals surface area contributed by atoms with E-state index in [1.165, 1.54) is 0 Å². The number of hydrogen-bond donors (Lipinski definition) is 0. The van der Waals surface area contributed by atoms with Crippen molar-refractivity contribution in [2.75, 3.05) is 0 Å². The minimum Gasteiger partial charge on any atom is -0.437 e. The molecule has 0 N–H and O–H groups in total. The highest BCUT2D eigenvalue weighted by molar-refractivity contribution is 9.11. The average molecular weight is 406 g/mol. The van der Waals surface area contributed by atoms with Gasteiger partial charge in [0.2, 0.25) is 5.88 Å². The van der Waals surface area contributed by atoms with Gasteiger partial charge >= 0.3 is 0 Å². The van der Waals surface area contributed by atoms with Crippen LogP contribution < -0.4 is 4.74 Å². The molecule has 1 aromatic heterocycles. The van der Waals surface area contributed by atoms with Gasteiger partial charge in [-0.3, -0.25) is 0 Å². The summed E-state index contributed by atoms with van der Waals surface area (Å²) in [7, 11) is 0. The van der Waals surface area contributed by atoms with E-state index in [9.17, 15) is 0 Å². The molecule has 0 amide bonds. The summed E-state index contributed by atoms with van der Waals surface area (Å²) < 4.78 is 7.73. The van der Waals surface area contributed by atoms with E-state index in [1.807, 2.05) is 38.1 Å². The Kier molecular flexibility index (Phi) is 4.87. The van der Waals surface area contributed by atoms with Gasteiger partial charge < -0.3 is 4.74 Å². The van der Waals surface area contributed by atoms with Gasteiger partial charge in [0, 0.05) is 15.7 Å². The highest BCUT2D eigenvalue weighted by Crippen LogP contribution is 2.34. The summed E-state index contributed by atoms with van der Waals surface area (Å²) in [6, 6.07) is 7.73. The standard InChI is InChI=1S/C14H12Br2ClNO/c1-8-5-9(2)18-14(11(8)7-17)19-13-4-3-10(15)6-12(13)16/h3-6H,7H2,1-2H3. The van der Waals surface area contributed by atoms with Crippen LogP contribution in [0, 0.1) is 13.8 Å². The Labute approximate surface area is 134 Å². The lowest BCUT2D eigenvalue weighted by atomic mass is 10.1. The Bertz CT molecular complexity index is 617. The zero-order valence-electron chi connectivity index (χ0n) is 10.5. The van der Waals surface area contributed by atoms with E-state index in [0.717, 1.165) is 25.8 Å². The number of ether oxygens (including phenoxy) is 1. The maximum Gasteiger partial charge on any atom is 0.224 e. The SMILES string of the molecule is Cc1cc(C)c(CCl)c(Oc2ccc(Br)cc2Br)n1. The smallest absolute Gasteiger partial charge is 0.224 e. The zero-order chi connectivity index (χ0) is 14.0. The van der Waals surface area contributed by atoms with Gasteiger partial charge in [0.1, 0.15) is 5.75 Å². The molecule has 2 aromatic rings. The van der Waals surface area contributed by atoms with Gasteiger partial charge in [0.15, 0.2) is 0 Å². The van der Waals surface area contributed by atoms with Gasteiger partial charge in [0.05, 0.1) is 10.4 Å². The molecule has 5 heteroatoms. The van der Waals surface area contributed by atoms with E-state index < -0.39 is 0 Å². The van der Waals surface area contributed by atoms with Crippen molar-refractivity contribution in [3.05, 3.63) is 50.0 Å². The first kappa shape index (κ1) is 14.8. The molecule has 1 heterocycles. The first-order chi connectivity index (χ1) is 9.01. The molecule has 2 rings (SSSR count). The van der Waals surface area contributed by atoms with E-state index in [-0.39, 0.29) is 0 Å². The van der Waals surface area contributed by atoms with E-state index in [1.54, 1.807) is 0 Å². The molecule has 2 nitrogen and oxygen atoms in total. The number of nitrogens with zero attached hydrogens (tertiary/aromatic N) is 1. The van der Waals surface area contributed by atoms with Gasteiger partial charge in [0.25, 0.3) is 0 Å². The fourth-order valence-electron chi connectivity index (χ4n) is 1.74. The summed E-state index contributed by atoms with van der Waals surface area (Å²) in [5.41, 5.74) is 2.92. The van der Waals surface area contributed by atoms with Crippen LogP contribution in [0.5, 0.6) is 11.6 Å². The maximum absolute atomic E-state index is 5.98. The molecule has 0 aliphatic carbocycles. The molecule has 1 aromatic carbocycles. The lowest BCUT2D eigenvalue weighted by molar-refractivity contribution is 0.453. The van der Waals surface area contributed by atoms with E-state index in [0.29, 0.717) is 17.5 Å². The van der Waals surface area contributed by atoms with Gasteiger partial charge in [-0.1, -0.05) is 15.9 Å². The molecule has 19 heavy (non-hydrogen) atoms. The molecule has 0 saturated carbocycles. The Morgan fingerprint density at radius 2 is 1.95 bits per heavy atom. The number of halogens is 3. The largest absolute Gasteiger partial charge is 0.437 e. The first-order valence-corrected chi connectivity index (χ1v) is 7.79. The van der Waals surface area contributed by atoms with Crippen LogP contribution in [-0.2, 0) is 5.88 Å². The number of aromatic nitrogens is 1. The normalized spacial score (nSPS) is 10.6. The van der Waals surface area contributed by atoms with Gasteiger partial charge in [-0.05, 0) is 59.6 Å². The van der Waals surface area contributed by atoms with Gasteiger partial charge in [-0.15, -0.1) is 11.6 Å². The molecule has 100 valence electrons. The predicted molar refractivity (Wildman–Crippen MR) is 85.2 cm³/mol. The molecule has 0 aliphatic rings. The average Bonchev–Trinajstić information content (AvgIpc) is 2.32. The van der Waals surface area contributed by atoms with Crippen molar-refractivity contribution in [2.45, 2.75) is 19.7 Å². The highest BCUT2D eigenvalue weighted by Gasteiger charge is 2.12. The molecule has 0 saturated heterocycles. The molecule has 0 atom stereocenters. The van der Waals surface area contributed by atoms with Crippen molar-refractivity contribution in [3.63, 3.8) is 0 Å². The van der Waals surface area contributed by atoms with Crippen LogP contribution in [0.15, 0.2) is 33.2 Å². The summed E-state index contributed by atoms with van der Waals surface area (Å²) in [4.78, 5) is 4.42. The number of hydrogen-bond acceptors (Lipinski definition) is 2. The Morgan fingerprint density at radius 3 is 2.58 bits per heavy atom. The van der Waals surface area contributed by atoms with Crippen molar-refractivity contribution >= 4 is 43.5 Å². The molecule has 0 unspecified atom stereocenters. The quantitative estimate of drug-likeness (QED) is 0.606. The van der Waals surface area contributed by atoms with Crippen molar-refractivity contribution < 1.29 is 4.74 Å². The summed E-state index contributed by atoms with van der Waals surface area (Å²) in [5, 5.41) is 0. The molecule has 0 bridgehead atoms. The van der Waals surface area contributed by atoms with Crippen molar-refractivity contribution in [2.24, 2.45) is 0 Å². The molecular weight excluding hydrogens is 393 g/mol. The second-order valence-electron chi connectivity index (χ2n) is 4.17. The van der Waals surface area contributed by atoms with Gasteiger partial charge in [-0.2, -0.15) is 0 Å². The lowest BCUT2D eigenvalue weighted by Gasteiger charge is -2.13. The third kappa shape index (κ3) is 3.50. The third-order valence-electron chi connectivity index (χ3n) is 2.67. The topological polar surface area (TPSA) is 22.1 Å². The second kappa shape index (κ2) is 6.25. The molecule has 0 aliphatic heterocycles. The van der Waals surface area contributed by atoms with Crippen molar-refractivity contribution in [1.82, 2.24) is 4.98 Å². The Balaban J connectivity index is 2.42. The summed E-state index contributed by atoms with van der Waals surface area (Å²) in [6.07, 6.45) is 0. The number of benzene rings is 1. The molecule has 0 radical (unpaired) electrons. The Hall–Kier alpha value is -0.580. The van der Waals surface area contributed by atoms with Crippen LogP contribution in [0.2, 0.25) is 0 Å². The predicted octanol–water partition coefficient (Wildman–Crippen LogP) is 5.75. The maximum atomic E-state index is 5.98.